The van der Waals surface area contributed by atoms with Crippen LogP contribution in [0.25, 0.3) is 0 Å². The number of rotatable bonds is 7. The number of carboxylic acids is 1. The fraction of sp³-hybridized carbons (Fsp3) is 0.750. The molecule has 6 heteroatoms. The lowest BCUT2D eigenvalue weighted by Crippen LogP contribution is -2.53. The quantitative estimate of drug-likeness (QED) is 0.620. The molecule has 0 spiro atoms. The Balaban J connectivity index is 4.66. The van der Waals surface area contributed by atoms with Gasteiger partial charge in [0, 0.05) is 6.92 Å². The van der Waals surface area contributed by atoms with Crippen LogP contribution in [0.2, 0.25) is 0 Å². The molecule has 0 saturated carbocycles. The number of hydrogen-bond donors (Lipinski definition) is 3. The van der Waals surface area contributed by atoms with Gasteiger partial charge in [0.2, 0.25) is 11.8 Å². The third kappa shape index (κ3) is 5.65. The van der Waals surface area contributed by atoms with E-state index in [9.17, 15) is 14.4 Å². The van der Waals surface area contributed by atoms with Gasteiger partial charge in [0.15, 0.2) is 0 Å². The topological polar surface area (TPSA) is 95.5 Å². The molecule has 0 aromatic rings. The van der Waals surface area contributed by atoms with E-state index in [0.717, 1.165) is 0 Å². The summed E-state index contributed by atoms with van der Waals surface area (Å²) in [6.45, 7) is 6.74. The highest BCUT2D eigenvalue weighted by molar-refractivity contribution is 5.90. The van der Waals surface area contributed by atoms with Crippen LogP contribution in [0.15, 0.2) is 0 Å². The van der Waals surface area contributed by atoms with E-state index < -0.39 is 24.0 Å². The van der Waals surface area contributed by atoms with Crippen LogP contribution in [-0.2, 0) is 14.4 Å². The molecule has 0 bridgehead atoms. The zero-order chi connectivity index (χ0) is 14.3. The van der Waals surface area contributed by atoms with E-state index in [1.165, 1.54) is 6.92 Å². The summed E-state index contributed by atoms with van der Waals surface area (Å²) in [6.07, 6.45) is 1.02. The Morgan fingerprint density at radius 1 is 1.17 bits per heavy atom. The van der Waals surface area contributed by atoms with Gasteiger partial charge in [-0.1, -0.05) is 27.2 Å². The molecule has 2 amide bonds. The van der Waals surface area contributed by atoms with Crippen molar-refractivity contribution in [1.82, 2.24) is 10.6 Å². The number of carbonyl (C=O) groups is 3. The summed E-state index contributed by atoms with van der Waals surface area (Å²) < 4.78 is 0. The number of carbonyl (C=O) groups excluding carboxylic acids is 2. The van der Waals surface area contributed by atoms with E-state index >= 15 is 0 Å². The zero-order valence-electron chi connectivity index (χ0n) is 11.3. The van der Waals surface area contributed by atoms with Gasteiger partial charge in [0.1, 0.15) is 12.1 Å². The first-order valence-corrected chi connectivity index (χ1v) is 6.09. The molecule has 0 fully saturated rings. The molecule has 1 unspecified atom stereocenters. The van der Waals surface area contributed by atoms with Crippen LogP contribution in [-0.4, -0.2) is 35.0 Å². The van der Waals surface area contributed by atoms with Gasteiger partial charge in [-0.2, -0.15) is 0 Å². The Morgan fingerprint density at radius 2 is 1.72 bits per heavy atom. The molecule has 0 heterocycles. The van der Waals surface area contributed by atoms with Crippen LogP contribution >= 0.6 is 0 Å². The molecular weight excluding hydrogens is 236 g/mol. The van der Waals surface area contributed by atoms with Crippen LogP contribution in [0.1, 0.15) is 40.5 Å². The number of nitrogens with one attached hydrogen (secondary N) is 2. The first kappa shape index (κ1) is 16.4. The molecule has 0 aromatic carbocycles. The lowest BCUT2D eigenvalue weighted by atomic mass is 10.0. The summed E-state index contributed by atoms with van der Waals surface area (Å²) in [5.41, 5.74) is 0. The highest BCUT2D eigenvalue weighted by atomic mass is 16.4. The first-order valence-electron chi connectivity index (χ1n) is 6.09. The Kier molecular flexibility index (Phi) is 7.00. The van der Waals surface area contributed by atoms with Crippen molar-refractivity contribution in [2.75, 3.05) is 0 Å². The normalized spacial score (nSPS) is 13.8. The van der Waals surface area contributed by atoms with Crippen LogP contribution in [0.5, 0.6) is 0 Å². The second-order valence-electron chi connectivity index (χ2n) is 4.61. The van der Waals surface area contributed by atoms with Gasteiger partial charge >= 0.3 is 5.97 Å². The van der Waals surface area contributed by atoms with Crippen LogP contribution < -0.4 is 10.6 Å². The molecule has 0 radical (unpaired) electrons. The zero-order valence-corrected chi connectivity index (χ0v) is 11.3. The summed E-state index contributed by atoms with van der Waals surface area (Å²) in [6, 6.07) is -1.61. The maximum atomic E-state index is 11.9. The van der Waals surface area contributed by atoms with E-state index in [2.05, 4.69) is 10.6 Å². The number of hydrogen-bond acceptors (Lipinski definition) is 3. The van der Waals surface area contributed by atoms with Crippen LogP contribution in [0.4, 0.5) is 0 Å². The van der Waals surface area contributed by atoms with Gasteiger partial charge in [-0.25, -0.2) is 4.79 Å². The summed E-state index contributed by atoms with van der Waals surface area (Å²) in [7, 11) is 0. The predicted molar refractivity (Wildman–Crippen MR) is 66.9 cm³/mol. The SMILES string of the molecule is CCC[C@H](NC(=O)C(NC(C)=O)C(C)C)C(=O)O. The van der Waals surface area contributed by atoms with Gasteiger partial charge in [-0.3, -0.25) is 9.59 Å². The molecule has 0 aliphatic heterocycles. The van der Waals surface area contributed by atoms with Crippen molar-refractivity contribution >= 4 is 17.8 Å². The maximum absolute atomic E-state index is 11.9. The largest absolute Gasteiger partial charge is 0.480 e. The summed E-state index contributed by atoms with van der Waals surface area (Å²) in [5.74, 6) is -1.94. The molecule has 2 atom stereocenters. The molecule has 104 valence electrons. The molecular formula is C12H22N2O4. The minimum Gasteiger partial charge on any atom is -0.480 e. The summed E-state index contributed by atoms with van der Waals surface area (Å²) in [4.78, 5) is 33.9. The molecule has 0 aliphatic carbocycles. The van der Waals surface area contributed by atoms with Gasteiger partial charge in [-0.05, 0) is 12.3 Å². The molecule has 3 N–H and O–H groups in total. The molecule has 0 aliphatic rings. The van der Waals surface area contributed by atoms with E-state index in [0.29, 0.717) is 12.8 Å². The van der Waals surface area contributed by atoms with Crippen molar-refractivity contribution in [3.63, 3.8) is 0 Å². The fourth-order valence-electron chi connectivity index (χ4n) is 1.56. The lowest BCUT2D eigenvalue weighted by molar-refractivity contribution is -0.142. The van der Waals surface area contributed by atoms with Crippen molar-refractivity contribution < 1.29 is 19.5 Å². The molecule has 6 nitrogen and oxygen atoms in total. The number of carboxylic acid groups (broad SMARTS) is 1. The molecule has 0 rings (SSSR count). The Labute approximate surface area is 107 Å². The molecule has 0 saturated heterocycles. The number of aliphatic carboxylic acids is 1. The average molecular weight is 258 g/mol. The third-order valence-electron chi connectivity index (χ3n) is 2.50. The Hall–Kier alpha value is -1.59. The fourth-order valence-corrected chi connectivity index (χ4v) is 1.56. The van der Waals surface area contributed by atoms with Gasteiger partial charge in [-0.15, -0.1) is 0 Å². The van der Waals surface area contributed by atoms with Crippen LogP contribution in [0, 0.1) is 5.92 Å². The van der Waals surface area contributed by atoms with E-state index in [1.807, 2.05) is 6.92 Å². The maximum Gasteiger partial charge on any atom is 0.326 e. The standard InChI is InChI=1S/C12H22N2O4/c1-5-6-9(12(17)18)14-11(16)10(7(2)3)13-8(4)15/h7,9-10H,5-6H2,1-4H3,(H,13,15)(H,14,16)(H,17,18)/t9-,10?/m0/s1. The molecule has 18 heavy (non-hydrogen) atoms. The average Bonchev–Trinajstić information content (AvgIpc) is 2.24. The minimum atomic E-state index is -1.06. The van der Waals surface area contributed by atoms with Crippen LogP contribution in [0.3, 0.4) is 0 Å². The second-order valence-corrected chi connectivity index (χ2v) is 4.61. The first-order chi connectivity index (χ1) is 8.29. The van der Waals surface area contributed by atoms with E-state index in [1.54, 1.807) is 13.8 Å². The van der Waals surface area contributed by atoms with Gasteiger partial charge in [0.25, 0.3) is 0 Å². The minimum absolute atomic E-state index is 0.107. The number of amides is 2. The van der Waals surface area contributed by atoms with Crippen molar-refractivity contribution in [3.05, 3.63) is 0 Å². The highest BCUT2D eigenvalue weighted by Crippen LogP contribution is 2.04. The third-order valence-corrected chi connectivity index (χ3v) is 2.50. The predicted octanol–water partition coefficient (Wildman–Crippen LogP) is 0.517. The highest BCUT2D eigenvalue weighted by Gasteiger charge is 2.27. The summed E-state index contributed by atoms with van der Waals surface area (Å²) in [5, 5.41) is 13.9. The molecule has 0 aromatic heterocycles. The monoisotopic (exact) mass is 258 g/mol. The summed E-state index contributed by atoms with van der Waals surface area (Å²) >= 11 is 0. The Morgan fingerprint density at radius 3 is 2.06 bits per heavy atom. The lowest BCUT2D eigenvalue weighted by Gasteiger charge is -2.23. The van der Waals surface area contributed by atoms with Gasteiger partial charge in [0.05, 0.1) is 0 Å². The van der Waals surface area contributed by atoms with E-state index in [4.69, 9.17) is 5.11 Å². The van der Waals surface area contributed by atoms with Crippen molar-refractivity contribution in [2.24, 2.45) is 5.92 Å². The second kappa shape index (κ2) is 7.68. The smallest absolute Gasteiger partial charge is 0.326 e. The van der Waals surface area contributed by atoms with Crippen molar-refractivity contribution in [3.8, 4) is 0 Å². The van der Waals surface area contributed by atoms with Crippen molar-refractivity contribution in [1.29, 1.82) is 0 Å². The van der Waals surface area contributed by atoms with Crippen molar-refractivity contribution in [2.45, 2.75) is 52.6 Å². The Bertz CT molecular complexity index is 315. The van der Waals surface area contributed by atoms with E-state index in [-0.39, 0.29) is 11.8 Å². The van der Waals surface area contributed by atoms with Gasteiger partial charge < -0.3 is 15.7 Å².